The molecule has 2 N–H and O–H groups in total. The number of aliphatic hydroxyl groups is 1. The molecule has 2 bridgehead atoms. The van der Waals surface area contributed by atoms with Crippen molar-refractivity contribution in [3.8, 4) is 5.75 Å². The summed E-state index contributed by atoms with van der Waals surface area (Å²) in [6.07, 6.45) is 5.48. The lowest BCUT2D eigenvalue weighted by molar-refractivity contribution is 0.133. The Morgan fingerprint density at radius 1 is 1.26 bits per heavy atom. The van der Waals surface area contributed by atoms with Crippen molar-refractivity contribution in [3.63, 3.8) is 0 Å². The summed E-state index contributed by atoms with van der Waals surface area (Å²) in [6, 6.07) is 3.99. The highest BCUT2D eigenvalue weighted by Gasteiger charge is 2.61. The Hall–Kier alpha value is -1.35. The highest BCUT2D eigenvalue weighted by molar-refractivity contribution is 5.85. The molecule has 27 heavy (non-hydrogen) atoms. The monoisotopic (exact) mass is 371 g/mol. The summed E-state index contributed by atoms with van der Waals surface area (Å²) in [4.78, 5) is 4.61. The van der Waals surface area contributed by atoms with Crippen LogP contribution in [0.3, 0.4) is 0 Å². The van der Waals surface area contributed by atoms with Crippen molar-refractivity contribution in [3.05, 3.63) is 28.8 Å². The Morgan fingerprint density at radius 3 is 2.41 bits per heavy atom. The molecule has 3 heteroatoms. The summed E-state index contributed by atoms with van der Waals surface area (Å²) in [6.45, 7) is 15.6. The highest BCUT2D eigenvalue weighted by atomic mass is 16.3. The smallest absolute Gasteiger partial charge is 0.127 e. The average molecular weight is 372 g/mol. The summed E-state index contributed by atoms with van der Waals surface area (Å²) < 4.78 is 0. The number of aryl methyl sites for hydroxylation is 1. The lowest BCUT2D eigenvalue weighted by Crippen LogP contribution is -2.31. The molecule has 0 radical (unpaired) electrons. The zero-order chi connectivity index (χ0) is 20.2. The van der Waals surface area contributed by atoms with Gasteiger partial charge in [0.15, 0.2) is 0 Å². The zero-order valence-electron chi connectivity index (χ0n) is 18.1. The standard InChI is InChI=1S/C24H37NO2/c1-15-10-16(13-25-20(14-26)22(2,3)4)21(27)18(11-15)19-12-17-8-9-24(19,7)23(17,5)6/h10-11,13,17,19-20,26-27H,8-9,12,14H2,1-7H3/t17-,19+,20-,24+/m1/s1. The predicted molar refractivity (Wildman–Crippen MR) is 113 cm³/mol. The molecular weight excluding hydrogens is 334 g/mol. The molecule has 0 saturated heterocycles. The second-order valence-corrected chi connectivity index (χ2v) is 10.8. The van der Waals surface area contributed by atoms with E-state index >= 15 is 0 Å². The van der Waals surface area contributed by atoms with Crippen molar-refractivity contribution in [2.75, 3.05) is 6.61 Å². The first kappa shape index (κ1) is 20.4. The van der Waals surface area contributed by atoms with E-state index in [1.54, 1.807) is 6.21 Å². The van der Waals surface area contributed by atoms with Crippen LogP contribution in [0.15, 0.2) is 17.1 Å². The molecule has 3 rings (SSSR count). The summed E-state index contributed by atoms with van der Waals surface area (Å²) in [5.41, 5.74) is 3.45. The first-order valence-electron chi connectivity index (χ1n) is 10.4. The van der Waals surface area contributed by atoms with E-state index in [0.29, 0.717) is 17.1 Å². The number of fused-ring (bicyclic) bond motifs is 2. The molecule has 4 atom stereocenters. The molecule has 1 aromatic rings. The van der Waals surface area contributed by atoms with Gasteiger partial charge in [-0.2, -0.15) is 0 Å². The molecule has 1 aromatic carbocycles. The van der Waals surface area contributed by atoms with Gasteiger partial charge >= 0.3 is 0 Å². The summed E-state index contributed by atoms with van der Waals surface area (Å²) in [5.74, 6) is 1.52. The van der Waals surface area contributed by atoms with Crippen LogP contribution in [0.25, 0.3) is 0 Å². The largest absolute Gasteiger partial charge is 0.507 e. The number of phenols is 1. The fourth-order valence-corrected chi connectivity index (χ4v) is 5.59. The van der Waals surface area contributed by atoms with Crippen molar-refractivity contribution >= 4 is 6.21 Å². The van der Waals surface area contributed by atoms with Crippen LogP contribution in [-0.2, 0) is 0 Å². The third-order valence-corrected chi connectivity index (χ3v) is 8.05. The lowest BCUT2D eigenvalue weighted by atomic mass is 9.64. The van der Waals surface area contributed by atoms with Crippen molar-refractivity contribution in [1.29, 1.82) is 0 Å². The van der Waals surface area contributed by atoms with E-state index < -0.39 is 0 Å². The quantitative estimate of drug-likeness (QED) is 0.691. The maximum atomic E-state index is 11.1. The SMILES string of the molecule is Cc1cc(C=N[C@H](CO)C(C)(C)C)c(O)c([C@@H]2C[C@H]3CC[C@]2(C)C3(C)C)c1. The highest BCUT2D eigenvalue weighted by Crippen LogP contribution is 2.71. The van der Waals surface area contributed by atoms with E-state index in [2.05, 4.69) is 59.5 Å². The molecule has 0 aliphatic heterocycles. The molecule has 2 fully saturated rings. The number of rotatable bonds is 4. The fraction of sp³-hybridized carbons (Fsp3) is 0.708. The summed E-state index contributed by atoms with van der Waals surface area (Å²) in [7, 11) is 0. The molecule has 2 aliphatic carbocycles. The zero-order valence-corrected chi connectivity index (χ0v) is 18.1. The molecular formula is C24H37NO2. The van der Waals surface area contributed by atoms with Gasteiger partial charge in [-0.3, -0.25) is 4.99 Å². The molecule has 0 unspecified atom stereocenters. The van der Waals surface area contributed by atoms with Gasteiger partial charge in [0.2, 0.25) is 0 Å². The van der Waals surface area contributed by atoms with Crippen molar-refractivity contribution in [1.82, 2.24) is 0 Å². The average Bonchev–Trinajstić information content (AvgIpc) is 2.90. The van der Waals surface area contributed by atoms with Crippen molar-refractivity contribution < 1.29 is 10.2 Å². The van der Waals surface area contributed by atoms with Gasteiger partial charge in [-0.05, 0) is 71.5 Å². The third-order valence-electron chi connectivity index (χ3n) is 8.05. The first-order chi connectivity index (χ1) is 12.4. The Kier molecular flexibility index (Phi) is 5.00. The van der Waals surface area contributed by atoms with Crippen LogP contribution in [0.4, 0.5) is 0 Å². The number of hydrogen-bond donors (Lipinski definition) is 2. The van der Waals surface area contributed by atoms with E-state index in [0.717, 1.165) is 22.6 Å². The Bertz CT molecular complexity index is 743. The minimum absolute atomic E-state index is 0.00992. The second-order valence-electron chi connectivity index (χ2n) is 10.8. The topological polar surface area (TPSA) is 52.8 Å². The number of aliphatic hydroxyl groups excluding tert-OH is 1. The van der Waals surface area contributed by atoms with Gasteiger partial charge < -0.3 is 10.2 Å². The van der Waals surface area contributed by atoms with Crippen molar-refractivity contribution in [2.45, 2.75) is 79.7 Å². The molecule has 0 spiro atoms. The number of benzene rings is 1. The molecule has 2 saturated carbocycles. The van der Waals surface area contributed by atoms with Gasteiger partial charge in [-0.25, -0.2) is 0 Å². The van der Waals surface area contributed by atoms with Crippen LogP contribution < -0.4 is 0 Å². The second kappa shape index (κ2) is 6.62. The molecule has 0 amide bonds. The van der Waals surface area contributed by atoms with Crippen molar-refractivity contribution in [2.24, 2.45) is 27.2 Å². The number of aliphatic imine (C=N–C) groups is 1. The van der Waals surface area contributed by atoms with Gasteiger partial charge in [0.25, 0.3) is 0 Å². The number of hydrogen-bond acceptors (Lipinski definition) is 3. The lowest BCUT2D eigenvalue weighted by Gasteiger charge is -2.40. The van der Waals surface area contributed by atoms with E-state index in [9.17, 15) is 10.2 Å². The van der Waals surface area contributed by atoms with Crippen LogP contribution in [0.5, 0.6) is 5.75 Å². The summed E-state index contributed by atoms with van der Waals surface area (Å²) in [5, 5.41) is 20.8. The Labute approximate surface area is 164 Å². The normalized spacial score (nSPS) is 31.0. The minimum atomic E-state index is -0.181. The van der Waals surface area contributed by atoms with E-state index in [4.69, 9.17) is 0 Å². The van der Waals surface area contributed by atoms with Crippen LogP contribution >= 0.6 is 0 Å². The molecule has 2 aliphatic rings. The van der Waals surface area contributed by atoms with Crippen LogP contribution in [-0.4, -0.2) is 29.1 Å². The van der Waals surface area contributed by atoms with E-state index in [1.165, 1.54) is 19.3 Å². The maximum Gasteiger partial charge on any atom is 0.127 e. The Balaban J connectivity index is 1.98. The Morgan fingerprint density at radius 2 is 1.93 bits per heavy atom. The van der Waals surface area contributed by atoms with Crippen LogP contribution in [0.2, 0.25) is 0 Å². The van der Waals surface area contributed by atoms with E-state index in [1.807, 2.05) is 6.07 Å². The van der Waals surface area contributed by atoms with E-state index in [-0.39, 0.29) is 23.5 Å². The van der Waals surface area contributed by atoms with Gasteiger partial charge in [0, 0.05) is 11.8 Å². The molecule has 0 heterocycles. The van der Waals surface area contributed by atoms with Gasteiger partial charge in [0.1, 0.15) is 5.75 Å². The number of aromatic hydroxyl groups is 1. The molecule has 150 valence electrons. The van der Waals surface area contributed by atoms with Gasteiger partial charge in [0.05, 0.1) is 12.6 Å². The maximum absolute atomic E-state index is 11.1. The minimum Gasteiger partial charge on any atom is -0.507 e. The fourth-order valence-electron chi connectivity index (χ4n) is 5.59. The third kappa shape index (κ3) is 3.22. The van der Waals surface area contributed by atoms with Crippen LogP contribution in [0, 0.1) is 29.1 Å². The summed E-state index contributed by atoms with van der Waals surface area (Å²) >= 11 is 0. The molecule has 0 aromatic heterocycles. The van der Waals surface area contributed by atoms with Gasteiger partial charge in [-0.15, -0.1) is 0 Å². The predicted octanol–water partition coefficient (Wildman–Crippen LogP) is 5.46. The van der Waals surface area contributed by atoms with Crippen LogP contribution in [0.1, 0.15) is 83.4 Å². The first-order valence-corrected chi connectivity index (χ1v) is 10.4. The molecule has 3 nitrogen and oxygen atoms in total. The number of phenolic OH excluding ortho intramolecular Hbond substituents is 1. The number of nitrogens with zero attached hydrogens (tertiary/aromatic N) is 1. The van der Waals surface area contributed by atoms with Gasteiger partial charge in [-0.1, -0.05) is 47.6 Å².